The van der Waals surface area contributed by atoms with Gasteiger partial charge in [0, 0.05) is 33.4 Å². The van der Waals surface area contributed by atoms with Gasteiger partial charge in [-0.3, -0.25) is 9.59 Å². The molecular weight excluding hydrogens is 320 g/mol. The first-order valence-corrected chi connectivity index (χ1v) is 8.01. The zero-order chi connectivity index (χ0) is 18.2. The van der Waals surface area contributed by atoms with E-state index < -0.39 is 0 Å². The van der Waals surface area contributed by atoms with Gasteiger partial charge in [-0.25, -0.2) is 0 Å². The van der Waals surface area contributed by atoms with Gasteiger partial charge in [0.2, 0.25) is 0 Å². The lowest BCUT2D eigenvalue weighted by Gasteiger charge is -1.95. The molecule has 0 aromatic heterocycles. The van der Waals surface area contributed by atoms with Gasteiger partial charge in [-0.2, -0.15) is 0 Å². The third kappa shape index (κ3) is 4.57. The van der Waals surface area contributed by atoms with E-state index in [2.05, 4.69) is 23.7 Å². The van der Waals surface area contributed by atoms with Gasteiger partial charge in [0.1, 0.15) is 12.6 Å². The van der Waals surface area contributed by atoms with E-state index >= 15 is 0 Å². The highest BCUT2D eigenvalue weighted by atomic mass is 16.1. The van der Waals surface area contributed by atoms with Crippen molar-refractivity contribution in [3.63, 3.8) is 0 Å². The van der Waals surface area contributed by atoms with Crippen molar-refractivity contribution in [1.29, 1.82) is 0 Å². The van der Waals surface area contributed by atoms with Crippen LogP contribution in [0.2, 0.25) is 0 Å². The summed E-state index contributed by atoms with van der Waals surface area (Å²) in [6.45, 7) is 0. The molecule has 0 atom stereocenters. The zero-order valence-electron chi connectivity index (χ0n) is 13.9. The minimum Gasteiger partial charge on any atom is -0.298 e. The predicted molar refractivity (Wildman–Crippen MR) is 102 cm³/mol. The molecule has 0 aliphatic heterocycles. The minimum atomic E-state index is 0.606. The van der Waals surface area contributed by atoms with E-state index in [0.717, 1.165) is 34.8 Å². The Balaban J connectivity index is 1.83. The molecule has 0 spiro atoms. The first-order valence-electron chi connectivity index (χ1n) is 8.01. The fraction of sp³-hybridized carbons (Fsp3) is 0. The third-order valence-electron chi connectivity index (χ3n) is 3.61. The number of aldehydes is 2. The minimum absolute atomic E-state index is 0.606. The second-order valence-electron chi connectivity index (χ2n) is 5.57. The molecule has 0 N–H and O–H groups in total. The summed E-state index contributed by atoms with van der Waals surface area (Å²) in [6.07, 6.45) is 1.61. The van der Waals surface area contributed by atoms with E-state index in [0.29, 0.717) is 11.1 Å². The molecule has 0 amide bonds. The summed E-state index contributed by atoms with van der Waals surface area (Å²) < 4.78 is 0. The normalized spacial score (nSPS) is 9.23. The van der Waals surface area contributed by atoms with E-state index in [-0.39, 0.29) is 0 Å². The maximum absolute atomic E-state index is 10.8. The Morgan fingerprint density at radius 1 is 0.500 bits per heavy atom. The van der Waals surface area contributed by atoms with E-state index in [4.69, 9.17) is 0 Å². The molecule has 2 heteroatoms. The Hall–Kier alpha value is -3.88. The highest BCUT2D eigenvalue weighted by molar-refractivity contribution is 5.76. The lowest BCUT2D eigenvalue weighted by atomic mass is 10.1. The van der Waals surface area contributed by atoms with Crippen LogP contribution in [0.4, 0.5) is 0 Å². The van der Waals surface area contributed by atoms with E-state index in [1.54, 1.807) is 24.3 Å². The fourth-order valence-electron chi connectivity index (χ4n) is 2.34. The van der Waals surface area contributed by atoms with Gasteiger partial charge in [0.05, 0.1) is 0 Å². The summed E-state index contributed by atoms with van der Waals surface area (Å²) in [6, 6.07) is 22.0. The summed E-state index contributed by atoms with van der Waals surface area (Å²) in [7, 11) is 0. The van der Waals surface area contributed by atoms with Crippen molar-refractivity contribution in [1.82, 2.24) is 0 Å². The average Bonchev–Trinajstić information content (AvgIpc) is 2.71. The van der Waals surface area contributed by atoms with Crippen molar-refractivity contribution in [2.45, 2.75) is 0 Å². The van der Waals surface area contributed by atoms with Crippen LogP contribution in [0, 0.1) is 23.7 Å². The fourth-order valence-corrected chi connectivity index (χ4v) is 2.34. The van der Waals surface area contributed by atoms with Crippen molar-refractivity contribution < 1.29 is 9.59 Å². The smallest absolute Gasteiger partial charge is 0.150 e. The van der Waals surface area contributed by atoms with Gasteiger partial charge in [-0.1, -0.05) is 54.0 Å². The summed E-state index contributed by atoms with van der Waals surface area (Å²) in [5.74, 6) is 12.3. The lowest BCUT2D eigenvalue weighted by molar-refractivity contribution is 0.111. The number of hydrogen-bond acceptors (Lipinski definition) is 2. The molecule has 26 heavy (non-hydrogen) atoms. The molecule has 3 aromatic rings. The van der Waals surface area contributed by atoms with Crippen LogP contribution in [-0.2, 0) is 0 Å². The van der Waals surface area contributed by atoms with Crippen molar-refractivity contribution in [3.8, 4) is 23.7 Å². The SMILES string of the molecule is O=Cc1cccc(C#Cc2cccc(C#Cc3cccc(C=O)c3)c2)c1. The molecule has 0 aliphatic rings. The van der Waals surface area contributed by atoms with Crippen molar-refractivity contribution in [2.75, 3.05) is 0 Å². The largest absolute Gasteiger partial charge is 0.298 e. The Morgan fingerprint density at radius 2 is 0.846 bits per heavy atom. The molecule has 0 saturated heterocycles. The van der Waals surface area contributed by atoms with Crippen LogP contribution in [0.15, 0.2) is 72.8 Å². The molecular formula is C24H14O2. The molecule has 0 fully saturated rings. The number of rotatable bonds is 2. The molecule has 3 aromatic carbocycles. The van der Waals surface area contributed by atoms with Gasteiger partial charge in [-0.05, 0) is 42.5 Å². The molecule has 0 aliphatic carbocycles. The van der Waals surface area contributed by atoms with Gasteiger partial charge in [0.25, 0.3) is 0 Å². The zero-order valence-corrected chi connectivity index (χ0v) is 13.9. The molecule has 3 rings (SSSR count). The number of benzene rings is 3. The first kappa shape index (κ1) is 17.0. The van der Waals surface area contributed by atoms with Crippen molar-refractivity contribution >= 4 is 12.6 Å². The molecule has 0 saturated carbocycles. The van der Waals surface area contributed by atoms with Crippen LogP contribution in [0.1, 0.15) is 43.0 Å². The predicted octanol–water partition coefficient (Wildman–Crippen LogP) is 4.11. The number of carbonyl (C=O) groups is 2. The van der Waals surface area contributed by atoms with Gasteiger partial charge in [-0.15, -0.1) is 0 Å². The summed E-state index contributed by atoms with van der Waals surface area (Å²) in [4.78, 5) is 21.6. The first-order chi connectivity index (χ1) is 12.8. The molecule has 0 unspecified atom stereocenters. The lowest BCUT2D eigenvalue weighted by Crippen LogP contribution is -1.83. The topological polar surface area (TPSA) is 34.1 Å². The van der Waals surface area contributed by atoms with Crippen LogP contribution < -0.4 is 0 Å². The van der Waals surface area contributed by atoms with Crippen LogP contribution in [0.25, 0.3) is 0 Å². The highest BCUT2D eigenvalue weighted by Gasteiger charge is 1.94. The Morgan fingerprint density at radius 3 is 1.23 bits per heavy atom. The standard InChI is InChI=1S/C24H14O2/c25-17-23-8-2-6-21(15-23)12-10-19-4-1-5-20(14-19)11-13-22-7-3-9-24(16-22)18-26/h1-9,14-18H. The molecule has 122 valence electrons. The number of carbonyl (C=O) groups excluding carboxylic acids is 2. The van der Waals surface area contributed by atoms with Crippen LogP contribution in [0.3, 0.4) is 0 Å². The van der Waals surface area contributed by atoms with Gasteiger partial charge < -0.3 is 0 Å². The average molecular weight is 334 g/mol. The summed E-state index contributed by atoms with van der Waals surface area (Å²) in [5, 5.41) is 0. The van der Waals surface area contributed by atoms with E-state index in [1.165, 1.54) is 0 Å². The highest BCUT2D eigenvalue weighted by Crippen LogP contribution is 2.06. The second-order valence-corrected chi connectivity index (χ2v) is 5.57. The molecule has 2 nitrogen and oxygen atoms in total. The third-order valence-corrected chi connectivity index (χ3v) is 3.61. The second kappa shape index (κ2) is 8.29. The molecule has 0 radical (unpaired) electrons. The summed E-state index contributed by atoms with van der Waals surface area (Å²) >= 11 is 0. The molecule has 0 heterocycles. The van der Waals surface area contributed by atoms with E-state index in [9.17, 15) is 9.59 Å². The van der Waals surface area contributed by atoms with Crippen LogP contribution in [-0.4, -0.2) is 12.6 Å². The van der Waals surface area contributed by atoms with Crippen LogP contribution in [0.5, 0.6) is 0 Å². The molecule has 0 bridgehead atoms. The van der Waals surface area contributed by atoms with Crippen molar-refractivity contribution in [2.24, 2.45) is 0 Å². The monoisotopic (exact) mass is 334 g/mol. The Bertz CT molecular complexity index is 1000. The maximum Gasteiger partial charge on any atom is 0.150 e. The maximum atomic E-state index is 10.8. The number of hydrogen-bond donors (Lipinski definition) is 0. The Labute approximate surface area is 152 Å². The Kier molecular flexibility index (Phi) is 5.41. The quantitative estimate of drug-likeness (QED) is 0.522. The van der Waals surface area contributed by atoms with E-state index in [1.807, 2.05) is 48.5 Å². The van der Waals surface area contributed by atoms with Crippen molar-refractivity contribution in [3.05, 3.63) is 106 Å². The van der Waals surface area contributed by atoms with Crippen LogP contribution >= 0.6 is 0 Å². The summed E-state index contributed by atoms with van der Waals surface area (Å²) in [5.41, 5.74) is 4.47. The van der Waals surface area contributed by atoms with Gasteiger partial charge in [0.15, 0.2) is 0 Å². The van der Waals surface area contributed by atoms with Gasteiger partial charge >= 0.3 is 0 Å².